The highest BCUT2D eigenvalue weighted by Gasteiger charge is 2.23. The highest BCUT2D eigenvalue weighted by atomic mass is 35.5. The smallest absolute Gasteiger partial charge is 0.339 e. The fourth-order valence-electron chi connectivity index (χ4n) is 2.82. The molecule has 1 heterocycles. The fourth-order valence-corrected chi connectivity index (χ4v) is 4.56. The molecule has 0 aromatic heterocycles. The van der Waals surface area contributed by atoms with Crippen molar-refractivity contribution in [3.05, 3.63) is 76.2 Å². The van der Waals surface area contributed by atoms with Gasteiger partial charge in [-0.05, 0) is 58.9 Å². The van der Waals surface area contributed by atoms with Crippen molar-refractivity contribution < 1.29 is 17.4 Å². The molecule has 0 aliphatic carbocycles. The number of nitrogens with zero attached hydrogens (tertiary/aromatic N) is 1. The van der Waals surface area contributed by atoms with Crippen LogP contribution < -0.4 is 9.92 Å². The van der Waals surface area contributed by atoms with Crippen molar-refractivity contribution in [3.8, 4) is 5.75 Å². The first-order chi connectivity index (χ1) is 13.8. The Kier molecular flexibility index (Phi) is 5.08. The van der Waals surface area contributed by atoms with Gasteiger partial charge in [0.2, 0.25) is 0 Å². The van der Waals surface area contributed by atoms with Crippen molar-refractivity contribution in [1.82, 2.24) is 0 Å². The Morgan fingerprint density at radius 1 is 1.03 bits per heavy atom. The van der Waals surface area contributed by atoms with Crippen molar-refractivity contribution in [1.29, 1.82) is 0 Å². The lowest BCUT2D eigenvalue weighted by molar-refractivity contribution is -0.113. The number of carbonyl (C=O) groups is 1. The van der Waals surface area contributed by atoms with Crippen LogP contribution in [-0.4, -0.2) is 19.5 Å². The molecule has 1 amide bonds. The van der Waals surface area contributed by atoms with Crippen LogP contribution in [0.3, 0.4) is 0 Å². The van der Waals surface area contributed by atoms with Gasteiger partial charge in [-0.15, -0.1) is 0 Å². The Balaban J connectivity index is 1.83. The maximum absolute atomic E-state index is 12.8. The molecule has 3 aromatic carbocycles. The van der Waals surface area contributed by atoms with Gasteiger partial charge in [0.1, 0.15) is 4.90 Å². The molecule has 29 heavy (non-hydrogen) atoms. The summed E-state index contributed by atoms with van der Waals surface area (Å²) in [5.74, 6) is -0.392. The molecular formula is C20H13ClN2O4S2. The zero-order chi connectivity index (χ0) is 20.6. The molecule has 0 saturated heterocycles. The van der Waals surface area contributed by atoms with Gasteiger partial charge in [0.25, 0.3) is 5.91 Å². The number of aliphatic imine (C=N–C) groups is 1. The van der Waals surface area contributed by atoms with E-state index in [2.05, 4.69) is 4.99 Å². The third-order valence-electron chi connectivity index (χ3n) is 4.14. The van der Waals surface area contributed by atoms with E-state index in [9.17, 15) is 13.2 Å². The number of rotatable bonds is 4. The molecule has 0 bridgehead atoms. The van der Waals surface area contributed by atoms with Crippen LogP contribution in [0.4, 0.5) is 0 Å². The molecule has 0 atom stereocenters. The van der Waals surface area contributed by atoms with Gasteiger partial charge in [-0.25, -0.2) is 0 Å². The van der Waals surface area contributed by atoms with Crippen LogP contribution in [0.5, 0.6) is 5.75 Å². The summed E-state index contributed by atoms with van der Waals surface area (Å²) in [6.07, 6.45) is 1.55. The Hall–Kier alpha value is -2.81. The summed E-state index contributed by atoms with van der Waals surface area (Å²) in [4.78, 5) is 16.0. The molecule has 4 rings (SSSR count). The summed E-state index contributed by atoms with van der Waals surface area (Å²) in [5.41, 5.74) is 6.07. The predicted molar refractivity (Wildman–Crippen MR) is 115 cm³/mol. The van der Waals surface area contributed by atoms with Gasteiger partial charge in [-0.3, -0.25) is 4.79 Å². The first-order valence-corrected chi connectivity index (χ1v) is 10.9. The summed E-state index contributed by atoms with van der Waals surface area (Å²) in [5, 5.41) is 2.13. The van der Waals surface area contributed by atoms with E-state index in [1.54, 1.807) is 18.2 Å². The Labute approximate surface area is 176 Å². The zero-order valence-electron chi connectivity index (χ0n) is 14.7. The van der Waals surface area contributed by atoms with Crippen molar-refractivity contribution >= 4 is 61.4 Å². The summed E-state index contributed by atoms with van der Waals surface area (Å²) >= 11 is 6.86. The molecule has 6 nitrogen and oxygen atoms in total. The number of amides is 1. The van der Waals surface area contributed by atoms with Crippen LogP contribution in [-0.2, 0) is 14.9 Å². The number of benzene rings is 3. The van der Waals surface area contributed by atoms with E-state index < -0.39 is 16.0 Å². The van der Waals surface area contributed by atoms with E-state index in [-0.39, 0.29) is 20.7 Å². The summed E-state index contributed by atoms with van der Waals surface area (Å²) in [7, 11) is -4.11. The number of nitrogens with two attached hydrogens (primary N) is 1. The SMILES string of the molecule is NC1=NC(=O)C(=Cc2c(OS(=O)(=O)c3ccc(Cl)cc3)ccc3ccccc23)S1. The van der Waals surface area contributed by atoms with Gasteiger partial charge < -0.3 is 9.92 Å². The highest BCUT2D eigenvalue weighted by molar-refractivity contribution is 8.18. The van der Waals surface area contributed by atoms with Gasteiger partial charge in [0.05, 0.1) is 4.91 Å². The fraction of sp³-hybridized carbons (Fsp3) is 0. The van der Waals surface area contributed by atoms with E-state index in [1.807, 2.05) is 24.3 Å². The lowest BCUT2D eigenvalue weighted by Crippen LogP contribution is -2.10. The van der Waals surface area contributed by atoms with E-state index in [0.717, 1.165) is 22.5 Å². The van der Waals surface area contributed by atoms with Crippen molar-refractivity contribution in [2.24, 2.45) is 10.7 Å². The van der Waals surface area contributed by atoms with Gasteiger partial charge in [-0.1, -0.05) is 41.9 Å². The topological polar surface area (TPSA) is 98.8 Å². The molecule has 0 saturated carbocycles. The molecule has 9 heteroatoms. The van der Waals surface area contributed by atoms with Gasteiger partial charge >= 0.3 is 10.1 Å². The molecule has 0 unspecified atom stereocenters. The first-order valence-electron chi connectivity index (χ1n) is 8.33. The molecule has 0 fully saturated rings. The molecule has 2 N–H and O–H groups in total. The zero-order valence-corrected chi connectivity index (χ0v) is 17.1. The second-order valence-electron chi connectivity index (χ2n) is 6.06. The summed E-state index contributed by atoms with van der Waals surface area (Å²) < 4.78 is 30.9. The van der Waals surface area contributed by atoms with Gasteiger partial charge in [0.15, 0.2) is 10.9 Å². The second-order valence-corrected chi connectivity index (χ2v) is 9.10. The molecule has 1 aliphatic heterocycles. The number of fused-ring (bicyclic) bond motifs is 1. The number of amidine groups is 1. The van der Waals surface area contributed by atoms with Crippen LogP contribution in [0.1, 0.15) is 5.56 Å². The van der Waals surface area contributed by atoms with Crippen molar-refractivity contribution in [2.45, 2.75) is 4.90 Å². The predicted octanol–water partition coefficient (Wildman–Crippen LogP) is 4.19. The minimum atomic E-state index is -4.11. The Morgan fingerprint density at radius 2 is 1.76 bits per heavy atom. The van der Waals surface area contributed by atoms with Gasteiger partial charge in [0, 0.05) is 10.6 Å². The lowest BCUT2D eigenvalue weighted by atomic mass is 10.0. The lowest BCUT2D eigenvalue weighted by Gasteiger charge is -2.12. The van der Waals surface area contributed by atoms with Crippen LogP contribution in [0, 0.1) is 0 Å². The highest BCUT2D eigenvalue weighted by Crippen LogP contribution is 2.35. The van der Waals surface area contributed by atoms with Crippen LogP contribution in [0.2, 0.25) is 5.02 Å². The van der Waals surface area contributed by atoms with Crippen LogP contribution in [0.25, 0.3) is 16.8 Å². The monoisotopic (exact) mass is 444 g/mol. The quantitative estimate of drug-likeness (QED) is 0.478. The van der Waals surface area contributed by atoms with E-state index in [1.165, 1.54) is 24.3 Å². The van der Waals surface area contributed by atoms with E-state index in [4.69, 9.17) is 21.5 Å². The molecule has 0 radical (unpaired) electrons. The number of thioether (sulfide) groups is 1. The van der Waals surface area contributed by atoms with Crippen LogP contribution >= 0.6 is 23.4 Å². The molecule has 3 aromatic rings. The Morgan fingerprint density at radius 3 is 2.45 bits per heavy atom. The minimum Gasteiger partial charge on any atom is -0.378 e. The minimum absolute atomic E-state index is 0.0347. The molecule has 146 valence electrons. The van der Waals surface area contributed by atoms with Crippen molar-refractivity contribution in [2.75, 3.05) is 0 Å². The van der Waals surface area contributed by atoms with Crippen LogP contribution in [0.15, 0.2) is 75.5 Å². The largest absolute Gasteiger partial charge is 0.378 e. The average molecular weight is 445 g/mol. The van der Waals surface area contributed by atoms with Crippen molar-refractivity contribution in [3.63, 3.8) is 0 Å². The number of hydrogen-bond donors (Lipinski definition) is 1. The normalized spacial score (nSPS) is 15.7. The number of hydrogen-bond acceptors (Lipinski definition) is 6. The van der Waals surface area contributed by atoms with E-state index >= 15 is 0 Å². The third-order valence-corrected chi connectivity index (χ3v) is 6.46. The maximum atomic E-state index is 12.8. The molecular weight excluding hydrogens is 432 g/mol. The number of carbonyl (C=O) groups excluding carboxylic acids is 1. The maximum Gasteiger partial charge on any atom is 0.339 e. The second kappa shape index (κ2) is 7.55. The summed E-state index contributed by atoms with van der Waals surface area (Å²) in [6, 6.07) is 16.3. The molecule has 1 aliphatic rings. The summed E-state index contributed by atoms with van der Waals surface area (Å²) in [6.45, 7) is 0. The van der Waals surface area contributed by atoms with E-state index in [0.29, 0.717) is 10.6 Å². The first kappa shape index (κ1) is 19.5. The molecule has 0 spiro atoms. The standard InChI is InChI=1S/C20H13ClN2O4S2/c21-13-6-8-14(9-7-13)29(25,26)27-17-10-5-12-3-1-2-4-15(12)16(17)11-18-19(24)23-20(22)28-18/h1-11H,(H2,22,23,24). The average Bonchev–Trinajstić information content (AvgIpc) is 3.00. The van der Waals surface area contributed by atoms with Gasteiger partial charge in [-0.2, -0.15) is 13.4 Å². The third kappa shape index (κ3) is 4.00. The number of halogens is 1. The Bertz CT molecular complexity index is 1300.